The molecule has 2 unspecified atom stereocenters. The molecule has 2 rings (SSSR count). The fraction of sp³-hybridized carbons (Fsp3) is 0.941. The topological polar surface area (TPSA) is 44.4 Å². The number of carbonyl (C=O) groups excluding carboxylic acids is 1. The van der Waals surface area contributed by atoms with Crippen molar-refractivity contribution in [3.05, 3.63) is 0 Å². The number of amides is 1. The summed E-state index contributed by atoms with van der Waals surface area (Å²) in [6, 6.07) is 0. The maximum absolute atomic E-state index is 12.1. The van der Waals surface area contributed by atoms with Gasteiger partial charge in [0.2, 0.25) is 5.91 Å². The smallest absolute Gasteiger partial charge is 0.220 e. The molecule has 4 nitrogen and oxygen atoms in total. The van der Waals surface area contributed by atoms with Crippen LogP contribution in [-0.4, -0.2) is 50.1 Å². The summed E-state index contributed by atoms with van der Waals surface area (Å²) < 4.78 is 0. The fourth-order valence-electron chi connectivity index (χ4n) is 3.61. The number of rotatable bonds is 6. The van der Waals surface area contributed by atoms with Crippen LogP contribution in [0.5, 0.6) is 0 Å². The molecule has 0 radical (unpaired) electrons. The van der Waals surface area contributed by atoms with Gasteiger partial charge in [-0.3, -0.25) is 4.79 Å². The van der Waals surface area contributed by atoms with Crippen molar-refractivity contribution in [3.63, 3.8) is 0 Å². The SMILES string of the molecule is CC(CC(=O)NCCN1CCCCCC1)C1CCCNC1. The largest absolute Gasteiger partial charge is 0.355 e. The molecule has 122 valence electrons. The van der Waals surface area contributed by atoms with Crippen molar-refractivity contribution in [1.82, 2.24) is 15.5 Å². The summed E-state index contributed by atoms with van der Waals surface area (Å²) in [5, 5.41) is 6.56. The zero-order valence-electron chi connectivity index (χ0n) is 13.7. The van der Waals surface area contributed by atoms with Crippen LogP contribution in [0.4, 0.5) is 0 Å². The first kappa shape index (κ1) is 16.8. The molecule has 0 bridgehead atoms. The van der Waals surface area contributed by atoms with Crippen molar-refractivity contribution in [3.8, 4) is 0 Å². The van der Waals surface area contributed by atoms with Gasteiger partial charge in [-0.15, -0.1) is 0 Å². The Balaban J connectivity index is 1.58. The maximum atomic E-state index is 12.1. The summed E-state index contributed by atoms with van der Waals surface area (Å²) in [5.41, 5.74) is 0. The molecule has 4 heteroatoms. The van der Waals surface area contributed by atoms with Crippen LogP contribution in [0.1, 0.15) is 51.9 Å². The third kappa shape index (κ3) is 6.35. The van der Waals surface area contributed by atoms with Crippen LogP contribution in [0.3, 0.4) is 0 Å². The number of piperidine rings is 1. The normalized spacial score (nSPS) is 26.0. The molecule has 0 saturated carbocycles. The predicted molar refractivity (Wildman–Crippen MR) is 87.3 cm³/mol. The minimum absolute atomic E-state index is 0.239. The van der Waals surface area contributed by atoms with Gasteiger partial charge in [-0.2, -0.15) is 0 Å². The van der Waals surface area contributed by atoms with Gasteiger partial charge in [-0.05, 0) is 63.7 Å². The van der Waals surface area contributed by atoms with Crippen molar-refractivity contribution in [2.24, 2.45) is 11.8 Å². The van der Waals surface area contributed by atoms with Crippen molar-refractivity contribution in [2.45, 2.75) is 51.9 Å². The Morgan fingerprint density at radius 1 is 1.24 bits per heavy atom. The summed E-state index contributed by atoms with van der Waals surface area (Å²) in [4.78, 5) is 14.6. The lowest BCUT2D eigenvalue weighted by Gasteiger charge is -2.28. The van der Waals surface area contributed by atoms with Crippen molar-refractivity contribution < 1.29 is 4.79 Å². The number of hydrogen-bond acceptors (Lipinski definition) is 3. The van der Waals surface area contributed by atoms with E-state index >= 15 is 0 Å². The molecule has 21 heavy (non-hydrogen) atoms. The van der Waals surface area contributed by atoms with Crippen LogP contribution < -0.4 is 10.6 Å². The highest BCUT2D eigenvalue weighted by Gasteiger charge is 2.21. The molecule has 2 N–H and O–H groups in total. The minimum atomic E-state index is 0.239. The number of likely N-dealkylation sites (tertiary alicyclic amines) is 1. The van der Waals surface area contributed by atoms with E-state index in [0.717, 1.165) is 26.2 Å². The number of nitrogens with one attached hydrogen (secondary N) is 2. The second kappa shape index (κ2) is 9.42. The van der Waals surface area contributed by atoms with Gasteiger partial charge in [0.15, 0.2) is 0 Å². The Labute approximate surface area is 130 Å². The van der Waals surface area contributed by atoms with Crippen LogP contribution in [0.15, 0.2) is 0 Å². The van der Waals surface area contributed by atoms with Crippen molar-refractivity contribution >= 4 is 5.91 Å². The second-order valence-electron chi connectivity index (χ2n) is 6.89. The van der Waals surface area contributed by atoms with Gasteiger partial charge in [0.05, 0.1) is 0 Å². The highest BCUT2D eigenvalue weighted by molar-refractivity contribution is 5.76. The van der Waals surface area contributed by atoms with E-state index in [0.29, 0.717) is 18.3 Å². The molecule has 2 saturated heterocycles. The van der Waals surface area contributed by atoms with Crippen molar-refractivity contribution in [1.29, 1.82) is 0 Å². The van der Waals surface area contributed by atoms with Crippen LogP contribution in [0.2, 0.25) is 0 Å². The molecule has 0 aromatic rings. The fourth-order valence-corrected chi connectivity index (χ4v) is 3.61. The van der Waals surface area contributed by atoms with Gasteiger partial charge in [-0.1, -0.05) is 19.8 Å². The van der Waals surface area contributed by atoms with Crippen LogP contribution in [0.25, 0.3) is 0 Å². The third-order valence-corrected chi connectivity index (χ3v) is 5.10. The summed E-state index contributed by atoms with van der Waals surface area (Å²) in [7, 11) is 0. The summed E-state index contributed by atoms with van der Waals surface area (Å²) in [5.74, 6) is 1.41. The average molecular weight is 295 g/mol. The van der Waals surface area contributed by atoms with Crippen LogP contribution >= 0.6 is 0 Å². The van der Waals surface area contributed by atoms with Gasteiger partial charge >= 0.3 is 0 Å². The molecule has 2 aliphatic rings. The zero-order valence-corrected chi connectivity index (χ0v) is 13.7. The molecule has 2 fully saturated rings. The summed E-state index contributed by atoms with van der Waals surface area (Å²) >= 11 is 0. The molecule has 2 heterocycles. The van der Waals surface area contributed by atoms with Gasteiger partial charge in [0, 0.05) is 19.5 Å². The molecule has 0 aromatic carbocycles. The molecule has 0 aliphatic carbocycles. The van der Waals surface area contributed by atoms with Crippen LogP contribution in [-0.2, 0) is 4.79 Å². The van der Waals surface area contributed by atoms with Gasteiger partial charge in [0.1, 0.15) is 0 Å². The third-order valence-electron chi connectivity index (χ3n) is 5.10. The monoisotopic (exact) mass is 295 g/mol. The highest BCUT2D eigenvalue weighted by Crippen LogP contribution is 2.22. The summed E-state index contributed by atoms with van der Waals surface area (Å²) in [6.07, 6.45) is 8.60. The number of hydrogen-bond donors (Lipinski definition) is 2. The first-order valence-electron chi connectivity index (χ1n) is 8.95. The molecule has 0 aromatic heterocycles. The Hall–Kier alpha value is -0.610. The molecular formula is C17H33N3O. The number of carbonyl (C=O) groups is 1. The van der Waals surface area contributed by atoms with E-state index in [2.05, 4.69) is 22.5 Å². The highest BCUT2D eigenvalue weighted by atomic mass is 16.1. The van der Waals surface area contributed by atoms with E-state index in [1.807, 2.05) is 0 Å². The molecular weight excluding hydrogens is 262 g/mol. The van der Waals surface area contributed by atoms with E-state index in [9.17, 15) is 4.79 Å². The van der Waals surface area contributed by atoms with E-state index < -0.39 is 0 Å². The Bertz CT molecular complexity index is 294. The summed E-state index contributed by atoms with van der Waals surface area (Å²) in [6.45, 7) is 8.71. The Kier molecular flexibility index (Phi) is 7.51. The van der Waals surface area contributed by atoms with Crippen LogP contribution in [0, 0.1) is 11.8 Å². The van der Waals surface area contributed by atoms with E-state index in [1.54, 1.807) is 0 Å². The predicted octanol–water partition coefficient (Wildman–Crippen LogP) is 2.00. The second-order valence-corrected chi connectivity index (χ2v) is 6.89. The standard InChI is InChI=1S/C17H33N3O/c1-15(16-7-6-8-18-14-16)13-17(21)19-9-12-20-10-4-2-3-5-11-20/h15-16,18H,2-14H2,1H3,(H,19,21). The van der Waals surface area contributed by atoms with Gasteiger partial charge in [0.25, 0.3) is 0 Å². The lowest BCUT2D eigenvalue weighted by atomic mass is 9.85. The van der Waals surface area contributed by atoms with E-state index in [1.165, 1.54) is 51.6 Å². The van der Waals surface area contributed by atoms with E-state index in [-0.39, 0.29) is 5.91 Å². The van der Waals surface area contributed by atoms with Gasteiger partial charge in [-0.25, -0.2) is 0 Å². The molecule has 0 spiro atoms. The number of nitrogens with zero attached hydrogens (tertiary/aromatic N) is 1. The van der Waals surface area contributed by atoms with Gasteiger partial charge < -0.3 is 15.5 Å². The quantitative estimate of drug-likeness (QED) is 0.788. The lowest BCUT2D eigenvalue weighted by Crippen LogP contribution is -2.38. The molecule has 2 atom stereocenters. The average Bonchev–Trinajstić information content (AvgIpc) is 2.77. The minimum Gasteiger partial charge on any atom is -0.355 e. The van der Waals surface area contributed by atoms with Crippen molar-refractivity contribution in [2.75, 3.05) is 39.3 Å². The maximum Gasteiger partial charge on any atom is 0.220 e. The lowest BCUT2D eigenvalue weighted by molar-refractivity contribution is -0.122. The molecule has 2 aliphatic heterocycles. The first-order valence-corrected chi connectivity index (χ1v) is 8.95. The Morgan fingerprint density at radius 2 is 2.00 bits per heavy atom. The van der Waals surface area contributed by atoms with E-state index in [4.69, 9.17) is 0 Å². The first-order chi connectivity index (χ1) is 10.3. The molecule has 1 amide bonds. The zero-order chi connectivity index (χ0) is 14.9. The Morgan fingerprint density at radius 3 is 2.67 bits per heavy atom.